The fourth-order valence-corrected chi connectivity index (χ4v) is 4.38. The number of likely N-dealkylation sites (N-methyl/N-ethyl adjacent to an activating group) is 1. The number of rotatable bonds is 10. The number of thiocarbonyl (C=S) groups is 1. The summed E-state index contributed by atoms with van der Waals surface area (Å²) in [6.07, 6.45) is 0.625. The maximum absolute atomic E-state index is 5.68. The van der Waals surface area contributed by atoms with Crippen molar-refractivity contribution in [2.24, 2.45) is 5.92 Å². The van der Waals surface area contributed by atoms with Gasteiger partial charge in [-0.05, 0) is 23.1 Å². The molecule has 0 saturated carbocycles. The summed E-state index contributed by atoms with van der Waals surface area (Å²) in [6.45, 7) is 6.84. The first-order valence-electron chi connectivity index (χ1n) is 12.2. The van der Waals surface area contributed by atoms with E-state index in [0.717, 1.165) is 52.6 Å². The Labute approximate surface area is 214 Å². The Bertz CT molecular complexity index is 1210. The first-order chi connectivity index (χ1) is 17.0. The van der Waals surface area contributed by atoms with E-state index in [2.05, 4.69) is 114 Å². The lowest BCUT2D eigenvalue weighted by atomic mass is 10.0. The van der Waals surface area contributed by atoms with Crippen LogP contribution in [0.4, 0.5) is 11.5 Å². The Morgan fingerprint density at radius 3 is 2.00 bits per heavy atom. The summed E-state index contributed by atoms with van der Waals surface area (Å²) in [6, 6.07) is 29.6. The van der Waals surface area contributed by atoms with E-state index in [1.54, 1.807) is 0 Å². The molecule has 0 aliphatic heterocycles. The molecular formula is C30H34N4S. The number of fused-ring (bicyclic) bond motifs is 1. The predicted molar refractivity (Wildman–Crippen MR) is 153 cm³/mol. The zero-order chi connectivity index (χ0) is 24.6. The number of nitrogens with one attached hydrogen (secondary N) is 2. The van der Waals surface area contributed by atoms with Crippen LogP contribution < -0.4 is 15.5 Å². The van der Waals surface area contributed by atoms with Gasteiger partial charge >= 0.3 is 0 Å². The fraction of sp³-hybridized carbons (Fsp3) is 0.267. The quantitative estimate of drug-likeness (QED) is 0.249. The van der Waals surface area contributed by atoms with Gasteiger partial charge in [-0.1, -0.05) is 105 Å². The monoisotopic (exact) mass is 482 g/mol. The first kappa shape index (κ1) is 24.7. The second kappa shape index (κ2) is 11.8. The molecule has 3 aromatic carbocycles. The molecule has 0 bridgehead atoms. The van der Waals surface area contributed by atoms with Crippen LogP contribution in [0.2, 0.25) is 0 Å². The summed E-state index contributed by atoms with van der Waals surface area (Å²) in [4.78, 5) is 8.42. The molecule has 0 aliphatic carbocycles. The van der Waals surface area contributed by atoms with E-state index in [0.29, 0.717) is 12.3 Å². The zero-order valence-corrected chi connectivity index (χ0v) is 21.6. The Morgan fingerprint density at radius 2 is 1.43 bits per heavy atom. The smallest absolute Gasteiger partial charge is 0.135 e. The van der Waals surface area contributed by atoms with E-state index in [4.69, 9.17) is 17.2 Å². The molecule has 0 unspecified atom stereocenters. The second-order valence-electron chi connectivity index (χ2n) is 9.26. The highest BCUT2D eigenvalue weighted by molar-refractivity contribution is 7.80. The van der Waals surface area contributed by atoms with Crippen LogP contribution in [0.3, 0.4) is 0 Å². The predicted octanol–water partition coefficient (Wildman–Crippen LogP) is 6.60. The fourth-order valence-electron chi connectivity index (χ4n) is 4.24. The van der Waals surface area contributed by atoms with Crippen molar-refractivity contribution in [3.63, 3.8) is 0 Å². The van der Waals surface area contributed by atoms with Crippen LogP contribution in [-0.4, -0.2) is 23.6 Å². The van der Waals surface area contributed by atoms with Crippen LogP contribution in [0.5, 0.6) is 0 Å². The van der Waals surface area contributed by atoms with Crippen LogP contribution in [0.15, 0.2) is 84.9 Å². The molecule has 4 aromatic rings. The third-order valence-electron chi connectivity index (χ3n) is 6.01. The molecular weight excluding hydrogens is 448 g/mol. The van der Waals surface area contributed by atoms with Crippen molar-refractivity contribution in [3.8, 4) is 0 Å². The van der Waals surface area contributed by atoms with Crippen LogP contribution in [-0.2, 0) is 19.5 Å². The van der Waals surface area contributed by atoms with Crippen LogP contribution in [0.25, 0.3) is 10.9 Å². The lowest BCUT2D eigenvalue weighted by molar-refractivity contribution is 0.688. The molecule has 0 saturated heterocycles. The third kappa shape index (κ3) is 6.37. The molecule has 0 fully saturated rings. The SMILES string of the molecule is CNC(=S)Cc1c(N(Cc2ccccc2)Cc2ccccc2)nc2ccccc2c1NCC(C)C. The van der Waals surface area contributed by atoms with E-state index in [9.17, 15) is 0 Å². The lowest BCUT2D eigenvalue weighted by Crippen LogP contribution is -2.27. The van der Waals surface area contributed by atoms with Crippen molar-refractivity contribution in [3.05, 3.63) is 102 Å². The molecule has 0 atom stereocenters. The van der Waals surface area contributed by atoms with Crippen LogP contribution in [0, 0.1) is 5.92 Å². The van der Waals surface area contributed by atoms with Gasteiger partial charge in [-0.25, -0.2) is 4.98 Å². The highest BCUT2D eigenvalue weighted by atomic mass is 32.1. The van der Waals surface area contributed by atoms with Crippen LogP contribution in [0.1, 0.15) is 30.5 Å². The number of hydrogen-bond acceptors (Lipinski definition) is 4. The van der Waals surface area contributed by atoms with Gasteiger partial charge in [-0.2, -0.15) is 0 Å². The zero-order valence-electron chi connectivity index (χ0n) is 20.8. The summed E-state index contributed by atoms with van der Waals surface area (Å²) >= 11 is 5.68. The van der Waals surface area contributed by atoms with Crippen molar-refractivity contribution < 1.29 is 0 Å². The lowest BCUT2D eigenvalue weighted by Gasteiger charge is -2.29. The van der Waals surface area contributed by atoms with Gasteiger partial charge in [0.1, 0.15) is 5.82 Å². The topological polar surface area (TPSA) is 40.2 Å². The molecule has 0 aliphatic rings. The summed E-state index contributed by atoms with van der Waals surface area (Å²) in [5.41, 5.74) is 5.74. The molecule has 1 heterocycles. The van der Waals surface area contributed by atoms with Crippen LogP contribution >= 0.6 is 12.2 Å². The number of para-hydroxylation sites is 1. The maximum Gasteiger partial charge on any atom is 0.135 e. The number of aromatic nitrogens is 1. The Morgan fingerprint density at radius 1 is 0.857 bits per heavy atom. The van der Waals surface area contributed by atoms with E-state index in [-0.39, 0.29) is 0 Å². The van der Waals surface area contributed by atoms with Gasteiger partial charge in [0.15, 0.2) is 0 Å². The molecule has 4 rings (SSSR count). The number of hydrogen-bond donors (Lipinski definition) is 2. The summed E-state index contributed by atoms with van der Waals surface area (Å²) in [5.74, 6) is 1.49. The minimum Gasteiger partial charge on any atom is -0.384 e. The summed E-state index contributed by atoms with van der Waals surface area (Å²) in [7, 11) is 1.89. The number of nitrogens with zero attached hydrogens (tertiary/aromatic N) is 2. The molecule has 4 nitrogen and oxygen atoms in total. The molecule has 0 amide bonds. The Balaban J connectivity index is 1.90. The van der Waals surface area contributed by atoms with Gasteiger partial charge in [0.05, 0.1) is 16.2 Å². The highest BCUT2D eigenvalue weighted by Crippen LogP contribution is 2.35. The minimum atomic E-state index is 0.513. The van der Waals surface area contributed by atoms with Crippen molar-refractivity contribution >= 4 is 39.6 Å². The first-order valence-corrected chi connectivity index (χ1v) is 12.6. The number of benzene rings is 3. The summed E-state index contributed by atoms with van der Waals surface area (Å²) in [5, 5.41) is 8.06. The Hall–Kier alpha value is -3.44. The highest BCUT2D eigenvalue weighted by Gasteiger charge is 2.21. The maximum atomic E-state index is 5.68. The normalized spacial score (nSPS) is 11.0. The van der Waals surface area contributed by atoms with Gasteiger partial charge in [-0.15, -0.1) is 0 Å². The molecule has 0 spiro atoms. The summed E-state index contributed by atoms with van der Waals surface area (Å²) < 4.78 is 0. The molecule has 0 radical (unpaired) electrons. The largest absolute Gasteiger partial charge is 0.384 e. The molecule has 180 valence electrons. The van der Waals surface area contributed by atoms with Gasteiger partial charge in [-0.3, -0.25) is 0 Å². The van der Waals surface area contributed by atoms with Crippen molar-refractivity contribution in [1.82, 2.24) is 10.3 Å². The van der Waals surface area contributed by atoms with Crippen molar-refractivity contribution in [2.45, 2.75) is 33.4 Å². The van der Waals surface area contributed by atoms with E-state index in [1.165, 1.54) is 11.1 Å². The molecule has 35 heavy (non-hydrogen) atoms. The van der Waals surface area contributed by atoms with Crippen molar-refractivity contribution in [2.75, 3.05) is 23.8 Å². The van der Waals surface area contributed by atoms with E-state index in [1.807, 2.05) is 7.05 Å². The molecule has 1 aromatic heterocycles. The second-order valence-corrected chi connectivity index (χ2v) is 9.75. The van der Waals surface area contributed by atoms with Gasteiger partial charge in [0.25, 0.3) is 0 Å². The Kier molecular flexibility index (Phi) is 8.32. The average molecular weight is 483 g/mol. The number of pyridine rings is 1. The standard InChI is InChI=1S/C30H34N4S/c1-22(2)19-32-29-25-16-10-11-17-27(25)33-30(26(29)18-28(35)31-3)34(20-23-12-6-4-7-13-23)21-24-14-8-5-9-15-24/h4-17,22H,18-21H2,1-3H3,(H,31,35)(H,32,33). The van der Waals surface area contributed by atoms with Gasteiger partial charge in [0, 0.05) is 44.1 Å². The van der Waals surface area contributed by atoms with Gasteiger partial charge in [0.2, 0.25) is 0 Å². The average Bonchev–Trinajstić information content (AvgIpc) is 2.88. The number of anilines is 2. The molecule has 5 heteroatoms. The molecule has 2 N–H and O–H groups in total. The van der Waals surface area contributed by atoms with E-state index < -0.39 is 0 Å². The van der Waals surface area contributed by atoms with E-state index >= 15 is 0 Å². The third-order valence-corrected chi connectivity index (χ3v) is 6.36. The van der Waals surface area contributed by atoms with Crippen molar-refractivity contribution in [1.29, 1.82) is 0 Å². The van der Waals surface area contributed by atoms with Gasteiger partial charge < -0.3 is 15.5 Å². The minimum absolute atomic E-state index is 0.513.